The normalized spacial score (nSPS) is 14.6. The number of nitrogens with zero attached hydrogens (tertiary/aromatic N) is 2. The van der Waals surface area contributed by atoms with Crippen LogP contribution in [-0.2, 0) is 33.8 Å². The van der Waals surface area contributed by atoms with Gasteiger partial charge in [0.15, 0.2) is 6.10 Å². The maximum atomic E-state index is 12.7. The number of hydrogen-bond acceptors (Lipinski definition) is 5. The third kappa shape index (κ3) is 6.56. The number of fused-ring (bicyclic) bond motifs is 1. The van der Waals surface area contributed by atoms with Crippen molar-refractivity contribution in [2.75, 3.05) is 13.2 Å². The fourth-order valence-corrected chi connectivity index (χ4v) is 3.60. The standard InChI is InChI=1S/C25H29N3O4/c1-2-8-23(32-25(30)28-14-13-20-11-6-7-12-21(20)16-28)24(29)27-22(15-26)18-31-17-19-9-4-3-5-10-19/h3-7,9-12,22-23H,2,8,13-14,16-18H2,1H3,(H,27,29). The minimum absolute atomic E-state index is 0.0484. The predicted molar refractivity (Wildman–Crippen MR) is 119 cm³/mol. The Morgan fingerprint density at radius 1 is 1.12 bits per heavy atom. The quantitative estimate of drug-likeness (QED) is 0.650. The van der Waals surface area contributed by atoms with Gasteiger partial charge in [-0.1, -0.05) is 67.9 Å². The first-order valence-corrected chi connectivity index (χ1v) is 10.9. The first-order chi connectivity index (χ1) is 15.6. The highest BCUT2D eigenvalue weighted by Crippen LogP contribution is 2.20. The number of carbonyl (C=O) groups excluding carboxylic acids is 2. The van der Waals surface area contributed by atoms with Gasteiger partial charge in [0.1, 0.15) is 6.04 Å². The largest absolute Gasteiger partial charge is 0.436 e. The van der Waals surface area contributed by atoms with E-state index >= 15 is 0 Å². The molecule has 0 bridgehead atoms. The minimum Gasteiger partial charge on any atom is -0.436 e. The summed E-state index contributed by atoms with van der Waals surface area (Å²) in [6, 6.07) is 18.8. The van der Waals surface area contributed by atoms with Gasteiger partial charge in [0.05, 0.1) is 19.3 Å². The molecule has 2 aromatic carbocycles. The highest BCUT2D eigenvalue weighted by Gasteiger charge is 2.28. The second-order valence-corrected chi connectivity index (χ2v) is 7.79. The van der Waals surface area contributed by atoms with Crippen LogP contribution in [-0.4, -0.2) is 42.2 Å². The molecule has 0 aromatic heterocycles. The van der Waals surface area contributed by atoms with E-state index in [-0.39, 0.29) is 6.61 Å². The lowest BCUT2D eigenvalue weighted by Gasteiger charge is -2.29. The molecule has 2 aromatic rings. The van der Waals surface area contributed by atoms with Gasteiger partial charge < -0.3 is 19.7 Å². The van der Waals surface area contributed by atoms with Gasteiger partial charge in [0, 0.05) is 13.1 Å². The van der Waals surface area contributed by atoms with Crippen LogP contribution in [0.25, 0.3) is 0 Å². The summed E-state index contributed by atoms with van der Waals surface area (Å²) >= 11 is 0. The molecule has 32 heavy (non-hydrogen) atoms. The zero-order valence-electron chi connectivity index (χ0n) is 18.3. The SMILES string of the molecule is CCCC(OC(=O)N1CCc2ccccc2C1)C(=O)NC(C#N)COCc1ccccc1. The number of nitrogens with one attached hydrogen (secondary N) is 1. The first kappa shape index (κ1) is 23.3. The van der Waals surface area contributed by atoms with Crippen molar-refractivity contribution in [3.8, 4) is 6.07 Å². The Kier molecular flexibility index (Phi) is 8.64. The lowest BCUT2D eigenvalue weighted by molar-refractivity contribution is -0.131. The van der Waals surface area contributed by atoms with Gasteiger partial charge in [-0.25, -0.2) is 4.79 Å². The van der Waals surface area contributed by atoms with Crippen LogP contribution < -0.4 is 5.32 Å². The molecule has 1 aliphatic rings. The van der Waals surface area contributed by atoms with Crippen molar-refractivity contribution < 1.29 is 19.1 Å². The molecule has 2 amide bonds. The van der Waals surface area contributed by atoms with Gasteiger partial charge in [-0.2, -0.15) is 5.26 Å². The zero-order valence-corrected chi connectivity index (χ0v) is 18.3. The van der Waals surface area contributed by atoms with Crippen LogP contribution in [0.4, 0.5) is 4.79 Å². The van der Waals surface area contributed by atoms with Gasteiger partial charge in [0.25, 0.3) is 5.91 Å². The van der Waals surface area contributed by atoms with Crippen LogP contribution >= 0.6 is 0 Å². The lowest BCUT2D eigenvalue weighted by Crippen LogP contribution is -2.46. The van der Waals surface area contributed by atoms with E-state index in [9.17, 15) is 14.9 Å². The Morgan fingerprint density at radius 3 is 2.56 bits per heavy atom. The van der Waals surface area contributed by atoms with Crippen LogP contribution in [0.2, 0.25) is 0 Å². The molecule has 2 atom stereocenters. The van der Waals surface area contributed by atoms with E-state index < -0.39 is 24.1 Å². The molecule has 0 spiro atoms. The third-order valence-electron chi connectivity index (χ3n) is 5.34. The second-order valence-electron chi connectivity index (χ2n) is 7.79. The predicted octanol–water partition coefficient (Wildman–Crippen LogP) is 3.58. The highest BCUT2D eigenvalue weighted by molar-refractivity contribution is 5.84. The number of carbonyl (C=O) groups is 2. The summed E-state index contributed by atoms with van der Waals surface area (Å²) < 4.78 is 11.1. The van der Waals surface area contributed by atoms with Crippen LogP contribution in [0.3, 0.4) is 0 Å². The van der Waals surface area contributed by atoms with E-state index in [0.717, 1.165) is 17.5 Å². The number of amides is 2. The molecule has 3 rings (SSSR count). The summed E-state index contributed by atoms with van der Waals surface area (Å²) in [5, 5.41) is 12.0. The summed E-state index contributed by atoms with van der Waals surface area (Å²) in [5.41, 5.74) is 3.30. The van der Waals surface area contributed by atoms with E-state index in [0.29, 0.717) is 32.5 Å². The molecule has 0 aliphatic carbocycles. The van der Waals surface area contributed by atoms with Crippen molar-refractivity contribution in [1.82, 2.24) is 10.2 Å². The Balaban J connectivity index is 1.51. The molecule has 7 nitrogen and oxygen atoms in total. The summed E-state index contributed by atoms with van der Waals surface area (Å²) in [6.45, 7) is 3.32. The van der Waals surface area contributed by atoms with Crippen molar-refractivity contribution in [3.63, 3.8) is 0 Å². The zero-order chi connectivity index (χ0) is 22.8. The van der Waals surface area contributed by atoms with Gasteiger partial charge in [-0.15, -0.1) is 0 Å². The Morgan fingerprint density at radius 2 is 1.84 bits per heavy atom. The molecular formula is C25H29N3O4. The number of rotatable bonds is 9. The van der Waals surface area contributed by atoms with E-state index in [1.54, 1.807) is 4.90 Å². The summed E-state index contributed by atoms with van der Waals surface area (Å²) in [5.74, 6) is -0.479. The number of nitriles is 1. The molecule has 1 N–H and O–H groups in total. The van der Waals surface area contributed by atoms with Crippen molar-refractivity contribution in [1.29, 1.82) is 5.26 Å². The van der Waals surface area contributed by atoms with E-state index in [4.69, 9.17) is 9.47 Å². The number of ether oxygens (including phenoxy) is 2. The van der Waals surface area contributed by atoms with Gasteiger partial charge in [-0.05, 0) is 29.5 Å². The summed E-state index contributed by atoms with van der Waals surface area (Å²) in [7, 11) is 0. The second kappa shape index (κ2) is 11.9. The Hall–Kier alpha value is -3.37. The maximum Gasteiger partial charge on any atom is 0.410 e. The fraction of sp³-hybridized carbons (Fsp3) is 0.400. The third-order valence-corrected chi connectivity index (χ3v) is 5.34. The maximum absolute atomic E-state index is 12.7. The molecule has 1 heterocycles. The van der Waals surface area contributed by atoms with Gasteiger partial charge in [-0.3, -0.25) is 4.79 Å². The molecule has 1 aliphatic heterocycles. The van der Waals surface area contributed by atoms with Crippen molar-refractivity contribution in [3.05, 3.63) is 71.3 Å². The van der Waals surface area contributed by atoms with Crippen LogP contribution in [0.5, 0.6) is 0 Å². The lowest BCUT2D eigenvalue weighted by atomic mass is 10.0. The van der Waals surface area contributed by atoms with Crippen LogP contribution in [0.1, 0.15) is 36.5 Å². The minimum atomic E-state index is -0.949. The molecule has 0 saturated heterocycles. The molecule has 0 saturated carbocycles. The first-order valence-electron chi connectivity index (χ1n) is 10.9. The molecule has 0 radical (unpaired) electrons. The topological polar surface area (TPSA) is 91.7 Å². The molecule has 2 unspecified atom stereocenters. The summed E-state index contributed by atoms with van der Waals surface area (Å²) in [4.78, 5) is 27.1. The average Bonchev–Trinajstić information content (AvgIpc) is 2.83. The molecule has 168 valence electrons. The van der Waals surface area contributed by atoms with Gasteiger partial charge >= 0.3 is 6.09 Å². The van der Waals surface area contributed by atoms with Crippen LogP contribution in [0.15, 0.2) is 54.6 Å². The monoisotopic (exact) mass is 435 g/mol. The number of hydrogen-bond donors (Lipinski definition) is 1. The Bertz CT molecular complexity index is 942. The molecular weight excluding hydrogens is 406 g/mol. The molecule has 7 heteroatoms. The smallest absolute Gasteiger partial charge is 0.410 e. The van der Waals surface area contributed by atoms with E-state index in [2.05, 4.69) is 11.4 Å². The summed E-state index contributed by atoms with van der Waals surface area (Å²) in [6.07, 6.45) is 0.336. The fourth-order valence-electron chi connectivity index (χ4n) is 3.60. The van der Waals surface area contributed by atoms with E-state index in [1.165, 1.54) is 5.56 Å². The average molecular weight is 436 g/mol. The van der Waals surface area contributed by atoms with Crippen molar-refractivity contribution in [2.24, 2.45) is 0 Å². The van der Waals surface area contributed by atoms with Crippen LogP contribution in [0, 0.1) is 11.3 Å². The van der Waals surface area contributed by atoms with Gasteiger partial charge in [0.2, 0.25) is 0 Å². The molecule has 0 fully saturated rings. The number of benzene rings is 2. The van der Waals surface area contributed by atoms with E-state index in [1.807, 2.05) is 61.5 Å². The highest BCUT2D eigenvalue weighted by atomic mass is 16.6. The van der Waals surface area contributed by atoms with Crippen molar-refractivity contribution >= 4 is 12.0 Å². The Labute approximate surface area is 188 Å². The van der Waals surface area contributed by atoms with Crippen molar-refractivity contribution in [2.45, 2.75) is 51.5 Å².